The van der Waals surface area contributed by atoms with Crippen LogP contribution in [0.5, 0.6) is 5.75 Å². The van der Waals surface area contributed by atoms with E-state index < -0.39 is 0 Å². The van der Waals surface area contributed by atoms with Gasteiger partial charge in [-0.1, -0.05) is 45.4 Å². The van der Waals surface area contributed by atoms with Crippen molar-refractivity contribution in [3.05, 3.63) is 28.8 Å². The molecule has 0 atom stereocenters. The zero-order chi connectivity index (χ0) is 15.0. The smallest absolute Gasteiger partial charge is 0.121 e. The second-order valence-electron chi connectivity index (χ2n) is 7.73. The first kappa shape index (κ1) is 15.7. The Hall–Kier alpha value is -0.730. The minimum atomic E-state index is 0.277. The average Bonchev–Trinajstić information content (AvgIpc) is 2.23. The number of halogens is 1. The van der Waals surface area contributed by atoms with E-state index in [2.05, 4.69) is 33.0 Å². The maximum absolute atomic E-state index is 9.90. The number of hydrogen-bond acceptors (Lipinski definition) is 2. The fourth-order valence-corrected chi connectivity index (χ4v) is 4.20. The van der Waals surface area contributed by atoms with E-state index in [0.717, 1.165) is 5.56 Å². The summed E-state index contributed by atoms with van der Waals surface area (Å²) in [4.78, 5) is 0. The van der Waals surface area contributed by atoms with E-state index in [0.29, 0.717) is 28.4 Å². The minimum absolute atomic E-state index is 0.277. The molecule has 1 aliphatic rings. The second kappa shape index (κ2) is 5.57. The normalized spacial score (nSPS) is 21.9. The number of phenolic OH excluding ortho intramolecular Hbond substituents is 1. The molecule has 0 spiro atoms. The Kier molecular flexibility index (Phi) is 4.36. The SMILES string of the molecule is CC1(C)CC(NCc2c(O)cccc2Cl)CC(C)(C)C1. The monoisotopic (exact) mass is 295 g/mol. The average molecular weight is 296 g/mol. The molecular formula is C17H26ClNO. The third-order valence-electron chi connectivity index (χ3n) is 4.22. The van der Waals surface area contributed by atoms with Crippen LogP contribution in [0.3, 0.4) is 0 Å². The van der Waals surface area contributed by atoms with Gasteiger partial charge >= 0.3 is 0 Å². The molecule has 0 bridgehead atoms. The molecule has 0 aromatic heterocycles. The van der Waals surface area contributed by atoms with E-state index in [4.69, 9.17) is 11.6 Å². The first-order valence-corrected chi connectivity index (χ1v) is 7.76. The van der Waals surface area contributed by atoms with Gasteiger partial charge in [-0.3, -0.25) is 0 Å². The molecule has 112 valence electrons. The van der Waals surface area contributed by atoms with Gasteiger partial charge in [0.15, 0.2) is 0 Å². The van der Waals surface area contributed by atoms with Crippen LogP contribution in [0.25, 0.3) is 0 Å². The Balaban J connectivity index is 2.04. The fourth-order valence-electron chi connectivity index (χ4n) is 3.96. The predicted molar refractivity (Wildman–Crippen MR) is 85.2 cm³/mol. The topological polar surface area (TPSA) is 32.3 Å². The summed E-state index contributed by atoms with van der Waals surface area (Å²) in [5.41, 5.74) is 1.53. The van der Waals surface area contributed by atoms with E-state index in [1.165, 1.54) is 19.3 Å². The van der Waals surface area contributed by atoms with Crippen molar-refractivity contribution in [3.8, 4) is 5.75 Å². The molecule has 3 heteroatoms. The van der Waals surface area contributed by atoms with Gasteiger partial charge in [0.1, 0.15) is 5.75 Å². The van der Waals surface area contributed by atoms with Crippen molar-refractivity contribution in [2.24, 2.45) is 10.8 Å². The van der Waals surface area contributed by atoms with Crippen LogP contribution in [0.1, 0.15) is 52.5 Å². The van der Waals surface area contributed by atoms with E-state index in [1.54, 1.807) is 12.1 Å². The Morgan fingerprint density at radius 2 is 1.80 bits per heavy atom. The molecule has 2 rings (SSSR count). The lowest BCUT2D eigenvalue weighted by Crippen LogP contribution is -2.43. The Morgan fingerprint density at radius 3 is 2.35 bits per heavy atom. The quantitative estimate of drug-likeness (QED) is 0.844. The van der Waals surface area contributed by atoms with E-state index in [9.17, 15) is 5.11 Å². The number of nitrogens with one attached hydrogen (secondary N) is 1. The highest BCUT2D eigenvalue weighted by Gasteiger charge is 2.38. The number of phenols is 1. The van der Waals surface area contributed by atoms with Crippen LogP contribution in [0, 0.1) is 10.8 Å². The van der Waals surface area contributed by atoms with E-state index in [-0.39, 0.29) is 5.75 Å². The van der Waals surface area contributed by atoms with Gasteiger partial charge in [-0.05, 0) is 42.2 Å². The van der Waals surface area contributed by atoms with Crippen LogP contribution in [-0.2, 0) is 6.54 Å². The minimum Gasteiger partial charge on any atom is -0.508 e. The van der Waals surface area contributed by atoms with Crippen molar-refractivity contribution >= 4 is 11.6 Å². The summed E-state index contributed by atoms with van der Waals surface area (Å²) in [6.45, 7) is 10.00. The molecule has 2 N–H and O–H groups in total. The molecule has 1 saturated carbocycles. The van der Waals surface area contributed by atoms with Crippen LogP contribution in [0.15, 0.2) is 18.2 Å². The van der Waals surface area contributed by atoms with Crippen molar-refractivity contribution in [2.75, 3.05) is 0 Å². The van der Waals surface area contributed by atoms with Crippen LogP contribution >= 0.6 is 11.6 Å². The molecule has 0 radical (unpaired) electrons. The number of aromatic hydroxyl groups is 1. The first-order valence-electron chi connectivity index (χ1n) is 7.38. The first-order chi connectivity index (χ1) is 9.19. The third kappa shape index (κ3) is 3.89. The van der Waals surface area contributed by atoms with Crippen molar-refractivity contribution in [2.45, 2.75) is 59.5 Å². The Bertz CT molecular complexity index is 446. The van der Waals surface area contributed by atoms with Crippen LogP contribution < -0.4 is 5.32 Å². The Morgan fingerprint density at radius 1 is 1.20 bits per heavy atom. The van der Waals surface area contributed by atoms with Crippen molar-refractivity contribution < 1.29 is 5.11 Å². The lowest BCUT2D eigenvalue weighted by Gasteiger charge is -2.45. The molecule has 0 amide bonds. The fraction of sp³-hybridized carbons (Fsp3) is 0.647. The van der Waals surface area contributed by atoms with Crippen molar-refractivity contribution in [1.82, 2.24) is 5.32 Å². The van der Waals surface area contributed by atoms with Crippen molar-refractivity contribution in [3.63, 3.8) is 0 Å². The number of rotatable bonds is 3. The van der Waals surface area contributed by atoms with E-state index >= 15 is 0 Å². The molecule has 1 aromatic rings. The van der Waals surface area contributed by atoms with Crippen LogP contribution in [0.4, 0.5) is 0 Å². The van der Waals surface area contributed by atoms with Gasteiger partial charge < -0.3 is 10.4 Å². The molecule has 0 saturated heterocycles. The van der Waals surface area contributed by atoms with Crippen LogP contribution in [-0.4, -0.2) is 11.1 Å². The summed E-state index contributed by atoms with van der Waals surface area (Å²) < 4.78 is 0. The maximum Gasteiger partial charge on any atom is 0.121 e. The highest BCUT2D eigenvalue weighted by Crippen LogP contribution is 2.45. The number of hydrogen-bond donors (Lipinski definition) is 2. The highest BCUT2D eigenvalue weighted by atomic mass is 35.5. The molecule has 1 aromatic carbocycles. The third-order valence-corrected chi connectivity index (χ3v) is 4.57. The summed E-state index contributed by atoms with van der Waals surface area (Å²) in [5, 5.41) is 14.1. The molecule has 1 fully saturated rings. The number of benzene rings is 1. The largest absolute Gasteiger partial charge is 0.508 e. The van der Waals surface area contributed by atoms with Crippen LogP contribution in [0.2, 0.25) is 5.02 Å². The lowest BCUT2D eigenvalue weighted by molar-refractivity contribution is 0.0844. The molecular weight excluding hydrogens is 270 g/mol. The zero-order valence-corrected chi connectivity index (χ0v) is 13.7. The lowest BCUT2D eigenvalue weighted by atomic mass is 9.63. The standard InChI is InChI=1S/C17H26ClNO/c1-16(2)8-12(9-17(3,4)11-16)19-10-13-14(18)6-5-7-15(13)20/h5-7,12,19-20H,8-11H2,1-4H3. The molecule has 0 heterocycles. The summed E-state index contributed by atoms with van der Waals surface area (Å²) in [6, 6.07) is 5.77. The van der Waals surface area contributed by atoms with Crippen molar-refractivity contribution in [1.29, 1.82) is 0 Å². The molecule has 0 unspecified atom stereocenters. The predicted octanol–water partition coefficient (Wildman–Crippen LogP) is 4.74. The molecule has 0 aliphatic heterocycles. The van der Waals surface area contributed by atoms with Gasteiger partial charge in [-0.25, -0.2) is 0 Å². The summed E-state index contributed by atoms with van der Waals surface area (Å²) in [6.07, 6.45) is 3.60. The highest BCUT2D eigenvalue weighted by molar-refractivity contribution is 6.31. The summed E-state index contributed by atoms with van der Waals surface area (Å²) >= 11 is 6.16. The zero-order valence-electron chi connectivity index (χ0n) is 13.0. The molecule has 1 aliphatic carbocycles. The second-order valence-corrected chi connectivity index (χ2v) is 8.14. The van der Waals surface area contributed by atoms with Gasteiger partial charge in [0.2, 0.25) is 0 Å². The van der Waals surface area contributed by atoms with Gasteiger partial charge in [0.05, 0.1) is 0 Å². The van der Waals surface area contributed by atoms with Gasteiger partial charge in [-0.15, -0.1) is 0 Å². The van der Waals surface area contributed by atoms with E-state index in [1.807, 2.05) is 6.07 Å². The Labute approximate surface area is 127 Å². The molecule has 20 heavy (non-hydrogen) atoms. The summed E-state index contributed by atoms with van der Waals surface area (Å²) in [5.74, 6) is 0.277. The maximum atomic E-state index is 9.90. The van der Waals surface area contributed by atoms with Gasteiger partial charge in [0.25, 0.3) is 0 Å². The van der Waals surface area contributed by atoms with Gasteiger partial charge in [0, 0.05) is 23.2 Å². The van der Waals surface area contributed by atoms with Gasteiger partial charge in [-0.2, -0.15) is 0 Å². The molecule has 2 nitrogen and oxygen atoms in total. The summed E-state index contributed by atoms with van der Waals surface area (Å²) in [7, 11) is 0.